The van der Waals surface area contributed by atoms with E-state index < -0.39 is 0 Å². The molecule has 3 heterocycles. The molecule has 1 aromatic heterocycles. The van der Waals surface area contributed by atoms with E-state index in [2.05, 4.69) is 57.9 Å². The summed E-state index contributed by atoms with van der Waals surface area (Å²) in [7, 11) is 0. The molecule has 1 unspecified atom stereocenters. The number of benzene rings is 1. The summed E-state index contributed by atoms with van der Waals surface area (Å²) < 4.78 is 2.37. The van der Waals surface area contributed by atoms with E-state index in [1.54, 1.807) is 0 Å². The molecule has 168 valence electrons. The minimum Gasteiger partial charge on any atom is -0.355 e. The third-order valence-electron chi connectivity index (χ3n) is 6.91. The van der Waals surface area contributed by atoms with E-state index in [-0.39, 0.29) is 5.91 Å². The molecule has 0 spiro atoms. The Balaban J connectivity index is 1.29. The summed E-state index contributed by atoms with van der Waals surface area (Å²) in [5, 5.41) is 12.2. The van der Waals surface area contributed by atoms with Crippen molar-refractivity contribution in [2.45, 2.75) is 78.2 Å². The van der Waals surface area contributed by atoms with Crippen molar-refractivity contribution in [3.05, 3.63) is 46.0 Å². The second kappa shape index (κ2) is 9.94. The smallest absolute Gasteiger partial charge is 0.234 e. The van der Waals surface area contributed by atoms with Gasteiger partial charge in [-0.3, -0.25) is 9.69 Å². The molecule has 4 rings (SSSR count). The van der Waals surface area contributed by atoms with E-state index >= 15 is 0 Å². The summed E-state index contributed by atoms with van der Waals surface area (Å²) in [5.41, 5.74) is 5.29. The topological polar surface area (TPSA) is 63.1 Å². The molecular weight excluding hydrogens is 386 g/mol. The van der Waals surface area contributed by atoms with Crippen molar-refractivity contribution in [1.82, 2.24) is 25.0 Å². The summed E-state index contributed by atoms with van der Waals surface area (Å²) in [6.07, 6.45) is 7.91. The van der Waals surface area contributed by atoms with Crippen LogP contribution in [0, 0.1) is 20.8 Å². The predicted octanol–water partition coefficient (Wildman–Crippen LogP) is 3.47. The number of carbonyl (C=O) groups is 1. The summed E-state index contributed by atoms with van der Waals surface area (Å²) in [4.78, 5) is 14.9. The third-order valence-corrected chi connectivity index (χ3v) is 6.91. The second-order valence-electron chi connectivity index (χ2n) is 9.49. The Morgan fingerprint density at radius 1 is 1.06 bits per heavy atom. The first kappa shape index (κ1) is 22.0. The van der Waals surface area contributed by atoms with Gasteiger partial charge in [0.1, 0.15) is 11.6 Å². The molecule has 6 heteroatoms. The van der Waals surface area contributed by atoms with Gasteiger partial charge in [0, 0.05) is 32.0 Å². The van der Waals surface area contributed by atoms with Gasteiger partial charge >= 0.3 is 0 Å². The standard InChI is InChI=1S/C25H37N5O/c1-18-14-19(2)22(20(3)15-18)10-11-26-24(31)17-29-12-7-8-21(16-29)25-28-27-23-9-5-4-6-13-30(23)25/h14-15,21H,4-13,16-17H2,1-3H3,(H,26,31). The number of amides is 1. The minimum absolute atomic E-state index is 0.128. The summed E-state index contributed by atoms with van der Waals surface area (Å²) >= 11 is 0. The zero-order chi connectivity index (χ0) is 21.8. The SMILES string of the molecule is Cc1cc(C)c(CCNC(=O)CN2CCCC(c3nnc4n3CCCCC4)C2)c(C)c1. The van der Waals surface area contributed by atoms with Crippen LogP contribution in [-0.4, -0.2) is 51.8 Å². The maximum atomic E-state index is 12.6. The lowest BCUT2D eigenvalue weighted by molar-refractivity contribution is -0.122. The molecule has 1 aromatic carbocycles. The van der Waals surface area contributed by atoms with E-state index in [4.69, 9.17) is 0 Å². The highest BCUT2D eigenvalue weighted by molar-refractivity contribution is 5.78. The molecule has 0 bridgehead atoms. The van der Waals surface area contributed by atoms with E-state index in [1.165, 1.54) is 41.5 Å². The summed E-state index contributed by atoms with van der Waals surface area (Å²) in [6.45, 7) is 10.6. The number of fused-ring (bicyclic) bond motifs is 1. The van der Waals surface area contributed by atoms with Crippen LogP contribution in [0.3, 0.4) is 0 Å². The largest absolute Gasteiger partial charge is 0.355 e. The highest BCUT2D eigenvalue weighted by Crippen LogP contribution is 2.27. The van der Waals surface area contributed by atoms with Crippen molar-refractivity contribution in [3.8, 4) is 0 Å². The highest BCUT2D eigenvalue weighted by atomic mass is 16.2. The molecule has 2 aliphatic rings. The Morgan fingerprint density at radius 2 is 1.87 bits per heavy atom. The van der Waals surface area contributed by atoms with Crippen molar-refractivity contribution >= 4 is 5.91 Å². The van der Waals surface area contributed by atoms with E-state index in [0.717, 1.165) is 57.0 Å². The van der Waals surface area contributed by atoms with Gasteiger partial charge in [0.05, 0.1) is 6.54 Å². The second-order valence-corrected chi connectivity index (χ2v) is 9.49. The number of nitrogens with one attached hydrogen (secondary N) is 1. The number of likely N-dealkylation sites (tertiary alicyclic amines) is 1. The Kier molecular flexibility index (Phi) is 7.06. The Labute approximate surface area is 186 Å². The van der Waals surface area contributed by atoms with Crippen LogP contribution < -0.4 is 5.32 Å². The van der Waals surface area contributed by atoms with Crippen LogP contribution in [0.5, 0.6) is 0 Å². The normalized spacial score (nSPS) is 19.6. The number of rotatable bonds is 6. The fourth-order valence-electron chi connectivity index (χ4n) is 5.41. The van der Waals surface area contributed by atoms with Crippen LogP contribution in [0.4, 0.5) is 0 Å². The van der Waals surface area contributed by atoms with Crippen molar-refractivity contribution in [2.24, 2.45) is 0 Å². The first-order valence-electron chi connectivity index (χ1n) is 12.0. The molecule has 0 aliphatic carbocycles. The summed E-state index contributed by atoms with van der Waals surface area (Å²) in [6, 6.07) is 4.45. The van der Waals surface area contributed by atoms with Gasteiger partial charge in [-0.15, -0.1) is 10.2 Å². The Hall–Kier alpha value is -2.21. The molecular formula is C25H37N5O. The Morgan fingerprint density at radius 3 is 2.68 bits per heavy atom. The van der Waals surface area contributed by atoms with Crippen LogP contribution in [0.15, 0.2) is 12.1 Å². The Bertz CT molecular complexity index is 896. The van der Waals surface area contributed by atoms with Crippen LogP contribution in [0.2, 0.25) is 0 Å². The van der Waals surface area contributed by atoms with Crippen LogP contribution in [-0.2, 0) is 24.2 Å². The molecule has 1 atom stereocenters. The molecule has 1 saturated heterocycles. The lowest BCUT2D eigenvalue weighted by Crippen LogP contribution is -2.42. The third kappa shape index (κ3) is 5.35. The van der Waals surface area contributed by atoms with Gasteiger partial charge in [0.25, 0.3) is 0 Å². The van der Waals surface area contributed by atoms with E-state index in [0.29, 0.717) is 19.0 Å². The van der Waals surface area contributed by atoms with Crippen molar-refractivity contribution in [1.29, 1.82) is 0 Å². The molecule has 0 radical (unpaired) electrons. The first-order chi connectivity index (χ1) is 15.0. The van der Waals surface area contributed by atoms with Crippen molar-refractivity contribution in [3.63, 3.8) is 0 Å². The summed E-state index contributed by atoms with van der Waals surface area (Å²) in [5.74, 6) is 2.82. The van der Waals surface area contributed by atoms with Gasteiger partial charge in [0.15, 0.2) is 0 Å². The number of piperidine rings is 1. The first-order valence-corrected chi connectivity index (χ1v) is 12.0. The lowest BCUT2D eigenvalue weighted by atomic mass is 9.97. The molecule has 6 nitrogen and oxygen atoms in total. The van der Waals surface area contributed by atoms with Crippen LogP contribution in [0.1, 0.15) is 71.9 Å². The lowest BCUT2D eigenvalue weighted by Gasteiger charge is -2.32. The van der Waals surface area contributed by atoms with Gasteiger partial charge < -0.3 is 9.88 Å². The quantitative estimate of drug-likeness (QED) is 0.773. The molecule has 1 fully saturated rings. The van der Waals surface area contributed by atoms with Crippen LogP contribution >= 0.6 is 0 Å². The predicted molar refractivity (Wildman–Crippen MR) is 123 cm³/mol. The average molecular weight is 424 g/mol. The molecule has 0 saturated carbocycles. The zero-order valence-corrected chi connectivity index (χ0v) is 19.4. The number of nitrogens with zero attached hydrogens (tertiary/aromatic N) is 4. The van der Waals surface area contributed by atoms with Crippen LogP contribution in [0.25, 0.3) is 0 Å². The maximum Gasteiger partial charge on any atom is 0.234 e. The van der Waals surface area contributed by atoms with Gasteiger partial charge in [-0.2, -0.15) is 0 Å². The average Bonchev–Trinajstić information content (AvgIpc) is 2.98. The van der Waals surface area contributed by atoms with Gasteiger partial charge in [-0.25, -0.2) is 0 Å². The zero-order valence-electron chi connectivity index (χ0n) is 19.4. The molecule has 2 aliphatic heterocycles. The van der Waals surface area contributed by atoms with E-state index in [9.17, 15) is 4.79 Å². The molecule has 1 amide bonds. The molecule has 1 N–H and O–H groups in total. The molecule has 31 heavy (non-hydrogen) atoms. The van der Waals surface area contributed by atoms with E-state index in [1.807, 2.05) is 0 Å². The fourth-order valence-corrected chi connectivity index (χ4v) is 5.41. The van der Waals surface area contributed by atoms with Gasteiger partial charge in [0.2, 0.25) is 5.91 Å². The van der Waals surface area contributed by atoms with Crippen molar-refractivity contribution < 1.29 is 4.79 Å². The number of aromatic nitrogens is 3. The maximum absolute atomic E-state index is 12.6. The number of aryl methyl sites for hydroxylation is 4. The number of hydrogen-bond donors (Lipinski definition) is 1. The minimum atomic E-state index is 0.128. The highest BCUT2D eigenvalue weighted by Gasteiger charge is 2.28. The van der Waals surface area contributed by atoms with Gasteiger partial charge in [-0.1, -0.05) is 24.1 Å². The molecule has 2 aromatic rings. The fraction of sp³-hybridized carbons (Fsp3) is 0.640. The number of hydrogen-bond acceptors (Lipinski definition) is 4. The van der Waals surface area contributed by atoms with Gasteiger partial charge in [-0.05, 0) is 76.1 Å². The number of carbonyl (C=O) groups excluding carboxylic acids is 1. The van der Waals surface area contributed by atoms with Crippen molar-refractivity contribution in [2.75, 3.05) is 26.2 Å². The monoisotopic (exact) mass is 423 g/mol.